The van der Waals surface area contributed by atoms with E-state index < -0.39 is 6.04 Å². The predicted octanol–water partition coefficient (Wildman–Crippen LogP) is 1.31. The van der Waals surface area contributed by atoms with E-state index in [4.69, 9.17) is 5.73 Å². The molecule has 0 spiro atoms. The van der Waals surface area contributed by atoms with Crippen LogP contribution < -0.4 is 10.5 Å². The predicted molar refractivity (Wildman–Crippen MR) is 68.5 cm³/mol. The summed E-state index contributed by atoms with van der Waals surface area (Å²) in [6, 6.07) is -0.556. The molecule has 2 N–H and O–H groups in total. The molecule has 4 nitrogen and oxygen atoms in total. The van der Waals surface area contributed by atoms with E-state index in [1.807, 2.05) is 39.4 Å². The van der Waals surface area contributed by atoms with Crippen molar-refractivity contribution in [2.75, 3.05) is 0 Å². The van der Waals surface area contributed by atoms with E-state index in [1.165, 1.54) is 11.3 Å². The van der Waals surface area contributed by atoms with Crippen LogP contribution in [-0.2, 0) is 11.8 Å². The van der Waals surface area contributed by atoms with Gasteiger partial charge in [-0.2, -0.15) is 4.99 Å². The maximum atomic E-state index is 11.7. The van der Waals surface area contributed by atoms with Gasteiger partial charge in [-0.15, -0.1) is 23.7 Å². The first-order valence-corrected chi connectivity index (χ1v) is 5.64. The van der Waals surface area contributed by atoms with Crippen molar-refractivity contribution in [2.24, 2.45) is 23.2 Å². The van der Waals surface area contributed by atoms with Crippen LogP contribution in [0.3, 0.4) is 0 Å². The number of halogens is 1. The third kappa shape index (κ3) is 3.73. The average Bonchev–Trinajstić information content (AvgIpc) is 2.49. The van der Waals surface area contributed by atoms with Crippen molar-refractivity contribution in [2.45, 2.75) is 26.8 Å². The van der Waals surface area contributed by atoms with E-state index in [9.17, 15) is 4.79 Å². The van der Waals surface area contributed by atoms with Crippen LogP contribution in [0.1, 0.15) is 20.8 Å². The number of rotatable bonds is 1. The number of nitrogens with two attached hydrogens (primary N) is 1. The Labute approximate surface area is 106 Å². The van der Waals surface area contributed by atoms with Crippen molar-refractivity contribution in [3.8, 4) is 0 Å². The molecule has 1 atom stereocenters. The summed E-state index contributed by atoms with van der Waals surface area (Å²) in [5.41, 5.74) is 5.56. The minimum Gasteiger partial charge on any atom is -0.327 e. The highest BCUT2D eigenvalue weighted by molar-refractivity contribution is 7.07. The van der Waals surface area contributed by atoms with Crippen LogP contribution in [0.4, 0.5) is 0 Å². The Morgan fingerprint density at radius 3 is 2.50 bits per heavy atom. The zero-order valence-corrected chi connectivity index (χ0v) is 11.6. The summed E-state index contributed by atoms with van der Waals surface area (Å²) in [6.07, 6.45) is 1.86. The number of hydrogen-bond donors (Lipinski definition) is 1. The number of carbonyl (C=O) groups is 1. The Hall–Kier alpha value is -0.650. The number of hydrogen-bond acceptors (Lipinski definition) is 3. The lowest BCUT2D eigenvalue weighted by Gasteiger charge is -2.23. The van der Waals surface area contributed by atoms with Crippen LogP contribution in [0.25, 0.3) is 0 Å². The molecule has 0 radical (unpaired) electrons. The molecule has 1 amide bonds. The van der Waals surface area contributed by atoms with Crippen molar-refractivity contribution >= 4 is 29.7 Å². The van der Waals surface area contributed by atoms with E-state index in [-0.39, 0.29) is 23.7 Å². The first-order chi connectivity index (χ1) is 6.82. The van der Waals surface area contributed by atoms with E-state index >= 15 is 0 Å². The lowest BCUT2D eigenvalue weighted by Crippen LogP contribution is -2.42. The zero-order valence-electron chi connectivity index (χ0n) is 9.93. The highest BCUT2D eigenvalue weighted by Gasteiger charge is 2.27. The van der Waals surface area contributed by atoms with Crippen LogP contribution in [0.15, 0.2) is 16.6 Å². The second kappa shape index (κ2) is 5.61. The highest BCUT2D eigenvalue weighted by atomic mass is 35.5. The number of aromatic nitrogens is 1. The fraction of sp³-hybridized carbons (Fsp3) is 0.600. The molecular weight excluding hydrogens is 246 g/mol. The quantitative estimate of drug-likeness (QED) is 0.831. The Balaban J connectivity index is 0.00000225. The molecular formula is C10H18ClN3OS. The smallest absolute Gasteiger partial charge is 0.265 e. The van der Waals surface area contributed by atoms with Gasteiger partial charge in [0.05, 0.1) is 6.04 Å². The lowest BCUT2D eigenvalue weighted by atomic mass is 9.87. The molecule has 0 aliphatic carbocycles. The van der Waals surface area contributed by atoms with Gasteiger partial charge in [0.1, 0.15) is 0 Å². The van der Waals surface area contributed by atoms with E-state index in [1.54, 1.807) is 4.57 Å². The fourth-order valence-electron chi connectivity index (χ4n) is 0.969. The van der Waals surface area contributed by atoms with Gasteiger partial charge < -0.3 is 10.3 Å². The summed E-state index contributed by atoms with van der Waals surface area (Å²) in [7, 11) is 1.85. The fourth-order valence-corrected chi connectivity index (χ4v) is 1.70. The number of thiazole rings is 1. The van der Waals surface area contributed by atoms with Crippen molar-refractivity contribution in [3.05, 3.63) is 16.4 Å². The third-order valence-electron chi connectivity index (χ3n) is 2.16. The van der Waals surface area contributed by atoms with E-state index in [0.717, 1.165) is 0 Å². The maximum Gasteiger partial charge on any atom is 0.265 e. The summed E-state index contributed by atoms with van der Waals surface area (Å²) in [5, 5.41) is 1.88. The molecule has 16 heavy (non-hydrogen) atoms. The van der Waals surface area contributed by atoms with Gasteiger partial charge in [-0.3, -0.25) is 4.79 Å². The van der Waals surface area contributed by atoms with Crippen molar-refractivity contribution < 1.29 is 4.79 Å². The first kappa shape index (κ1) is 15.3. The van der Waals surface area contributed by atoms with Gasteiger partial charge in [-0.25, -0.2) is 0 Å². The number of carbonyl (C=O) groups excluding carboxylic acids is 1. The molecule has 0 bridgehead atoms. The highest BCUT2D eigenvalue weighted by Crippen LogP contribution is 2.17. The molecule has 6 heteroatoms. The molecule has 0 aliphatic rings. The summed E-state index contributed by atoms with van der Waals surface area (Å²) in [4.78, 5) is 16.4. The van der Waals surface area contributed by atoms with Gasteiger partial charge >= 0.3 is 0 Å². The van der Waals surface area contributed by atoms with Crippen LogP contribution in [0.5, 0.6) is 0 Å². The second-order valence-corrected chi connectivity index (χ2v) is 5.46. The van der Waals surface area contributed by atoms with Gasteiger partial charge in [-0.05, 0) is 5.41 Å². The molecule has 0 unspecified atom stereocenters. The zero-order chi connectivity index (χ0) is 11.6. The van der Waals surface area contributed by atoms with Gasteiger partial charge in [-0.1, -0.05) is 20.8 Å². The molecule has 1 rings (SSSR count). The SMILES string of the molecule is Cl.Cn1ccsc1=NC(=O)[C@@H](N)C(C)(C)C. The van der Waals surface area contributed by atoms with Gasteiger partial charge in [0, 0.05) is 18.6 Å². The van der Waals surface area contributed by atoms with Crippen LogP contribution in [0, 0.1) is 5.41 Å². The van der Waals surface area contributed by atoms with Crippen LogP contribution in [-0.4, -0.2) is 16.5 Å². The average molecular weight is 264 g/mol. The van der Waals surface area contributed by atoms with Crippen LogP contribution in [0.2, 0.25) is 0 Å². The Morgan fingerprint density at radius 2 is 2.12 bits per heavy atom. The Kier molecular flexibility index (Phi) is 5.38. The molecule has 0 aromatic carbocycles. The molecule has 1 aromatic heterocycles. The van der Waals surface area contributed by atoms with Gasteiger partial charge in [0.15, 0.2) is 4.80 Å². The van der Waals surface area contributed by atoms with Crippen molar-refractivity contribution in [3.63, 3.8) is 0 Å². The number of amides is 1. The third-order valence-corrected chi connectivity index (χ3v) is 3.01. The largest absolute Gasteiger partial charge is 0.327 e. The summed E-state index contributed by atoms with van der Waals surface area (Å²) < 4.78 is 1.80. The molecule has 0 aliphatic heterocycles. The lowest BCUT2D eigenvalue weighted by molar-refractivity contribution is -0.121. The monoisotopic (exact) mass is 263 g/mol. The normalized spacial score (nSPS) is 14.4. The number of aryl methyl sites for hydroxylation is 1. The molecule has 1 heterocycles. The molecule has 0 saturated carbocycles. The molecule has 0 fully saturated rings. The Morgan fingerprint density at radius 1 is 1.56 bits per heavy atom. The summed E-state index contributed by atoms with van der Waals surface area (Å²) in [6.45, 7) is 5.79. The summed E-state index contributed by atoms with van der Waals surface area (Å²) in [5.74, 6) is -0.263. The van der Waals surface area contributed by atoms with Crippen LogP contribution >= 0.6 is 23.7 Å². The Bertz CT molecular complexity index is 416. The second-order valence-electron chi connectivity index (χ2n) is 4.59. The molecule has 92 valence electrons. The van der Waals surface area contributed by atoms with Crippen molar-refractivity contribution in [1.82, 2.24) is 4.57 Å². The van der Waals surface area contributed by atoms with Gasteiger partial charge in [0.25, 0.3) is 5.91 Å². The molecule has 0 saturated heterocycles. The first-order valence-electron chi connectivity index (χ1n) is 4.76. The molecule has 1 aromatic rings. The minimum atomic E-state index is -0.556. The maximum absolute atomic E-state index is 11.7. The van der Waals surface area contributed by atoms with Crippen molar-refractivity contribution in [1.29, 1.82) is 0 Å². The van der Waals surface area contributed by atoms with Gasteiger partial charge in [0.2, 0.25) is 0 Å². The summed E-state index contributed by atoms with van der Waals surface area (Å²) >= 11 is 1.43. The minimum absolute atomic E-state index is 0. The van der Waals surface area contributed by atoms with E-state index in [2.05, 4.69) is 4.99 Å². The van der Waals surface area contributed by atoms with E-state index in [0.29, 0.717) is 4.80 Å². The topological polar surface area (TPSA) is 60.4 Å². The standard InChI is InChI=1S/C10H17N3OS.ClH/c1-10(2,3)7(11)8(14)12-9-13(4)5-6-15-9;/h5-7H,11H2,1-4H3;1H/t7-;/m1./s1. The number of nitrogens with zero attached hydrogens (tertiary/aromatic N) is 2.